The zero-order chi connectivity index (χ0) is 16.2. The molecule has 1 aromatic rings. The maximum atomic E-state index is 12.4. The van der Waals surface area contributed by atoms with Gasteiger partial charge in [-0.05, 0) is 23.6 Å². The summed E-state index contributed by atoms with van der Waals surface area (Å²) in [5, 5.41) is 3.54. The highest BCUT2D eigenvalue weighted by molar-refractivity contribution is 7.89. The Morgan fingerprint density at radius 1 is 1.25 bits per heavy atom. The predicted molar refractivity (Wildman–Crippen MR) is 105 cm³/mol. The van der Waals surface area contributed by atoms with Crippen molar-refractivity contribution in [3.63, 3.8) is 0 Å². The van der Waals surface area contributed by atoms with Gasteiger partial charge in [0.2, 0.25) is 10.0 Å². The molecule has 1 aliphatic rings. The summed E-state index contributed by atoms with van der Waals surface area (Å²) in [4.78, 5) is 2.41. The molecule has 1 aromatic carbocycles. The minimum absolute atomic E-state index is 0. The van der Waals surface area contributed by atoms with Crippen molar-refractivity contribution in [2.45, 2.75) is 24.7 Å². The highest BCUT2D eigenvalue weighted by Gasteiger charge is 2.19. The van der Waals surface area contributed by atoms with Gasteiger partial charge in [0.05, 0.1) is 5.02 Å². The monoisotopic (exact) mass is 417 g/mol. The van der Waals surface area contributed by atoms with Crippen LogP contribution >= 0.6 is 36.4 Å². The summed E-state index contributed by atoms with van der Waals surface area (Å²) in [5.41, 5.74) is 0.965. The molecule has 0 spiro atoms. The Hall–Kier alpha value is -0.0800. The maximum absolute atomic E-state index is 12.4. The van der Waals surface area contributed by atoms with Crippen LogP contribution < -0.4 is 10.0 Å². The van der Waals surface area contributed by atoms with Gasteiger partial charge < -0.3 is 5.32 Å². The summed E-state index contributed by atoms with van der Waals surface area (Å²) >= 11 is 6.08. The first-order valence-electron chi connectivity index (χ1n) is 7.62. The minimum Gasteiger partial charge on any atom is -0.314 e. The van der Waals surface area contributed by atoms with Crippen LogP contribution in [0.1, 0.15) is 25.3 Å². The van der Waals surface area contributed by atoms with Crippen molar-refractivity contribution in [2.75, 3.05) is 39.3 Å². The fourth-order valence-corrected chi connectivity index (χ4v) is 3.99. The van der Waals surface area contributed by atoms with Crippen molar-refractivity contribution < 1.29 is 8.42 Å². The first-order chi connectivity index (χ1) is 10.4. The highest BCUT2D eigenvalue weighted by atomic mass is 35.5. The lowest BCUT2D eigenvalue weighted by atomic mass is 10.0. The number of nitrogens with zero attached hydrogens (tertiary/aromatic N) is 1. The lowest BCUT2D eigenvalue weighted by Gasteiger charge is -2.27. The average Bonchev–Trinajstić information content (AvgIpc) is 2.48. The second-order valence-corrected chi connectivity index (χ2v) is 7.98. The lowest BCUT2D eigenvalue weighted by Crippen LogP contribution is -2.46. The van der Waals surface area contributed by atoms with Crippen molar-refractivity contribution >= 4 is 46.4 Å². The van der Waals surface area contributed by atoms with E-state index in [9.17, 15) is 8.42 Å². The van der Waals surface area contributed by atoms with E-state index in [1.165, 1.54) is 0 Å². The summed E-state index contributed by atoms with van der Waals surface area (Å²) in [6.45, 7) is 8.96. The lowest BCUT2D eigenvalue weighted by molar-refractivity contribution is 0.245. The standard InChI is InChI=1S/C15H24ClN3O2S.2ClH/c1-12(2)13-3-4-14(16)15(11-13)22(20,21)18-7-10-19-8-5-17-6-9-19;;/h3-4,11-12,17-18H,5-10H2,1-2H3;2*1H. The molecule has 0 bridgehead atoms. The summed E-state index contributed by atoms with van der Waals surface area (Å²) in [7, 11) is -3.57. The van der Waals surface area contributed by atoms with Gasteiger partial charge in [0, 0.05) is 39.3 Å². The van der Waals surface area contributed by atoms with Crippen LogP contribution in [0.15, 0.2) is 23.1 Å². The van der Waals surface area contributed by atoms with Gasteiger partial charge in [-0.3, -0.25) is 4.90 Å². The Labute approximate surface area is 162 Å². The molecule has 1 saturated heterocycles. The number of hydrogen-bond donors (Lipinski definition) is 2. The molecule has 0 radical (unpaired) electrons. The van der Waals surface area contributed by atoms with Crippen LogP contribution in [0.25, 0.3) is 0 Å². The number of nitrogens with one attached hydrogen (secondary N) is 2. The van der Waals surface area contributed by atoms with Crippen molar-refractivity contribution in [3.05, 3.63) is 28.8 Å². The van der Waals surface area contributed by atoms with E-state index in [4.69, 9.17) is 11.6 Å². The van der Waals surface area contributed by atoms with Crippen LogP contribution in [-0.2, 0) is 10.0 Å². The minimum atomic E-state index is -3.57. The van der Waals surface area contributed by atoms with Gasteiger partial charge in [0.25, 0.3) is 0 Å². The molecule has 0 amide bonds. The third-order valence-electron chi connectivity index (χ3n) is 3.84. The van der Waals surface area contributed by atoms with E-state index in [0.717, 1.165) is 31.7 Å². The van der Waals surface area contributed by atoms with Crippen molar-refractivity contribution in [3.8, 4) is 0 Å². The third-order valence-corrected chi connectivity index (χ3v) is 5.78. The molecule has 0 aromatic heterocycles. The van der Waals surface area contributed by atoms with E-state index in [1.54, 1.807) is 12.1 Å². The number of rotatable bonds is 6. The highest BCUT2D eigenvalue weighted by Crippen LogP contribution is 2.25. The molecule has 1 heterocycles. The van der Waals surface area contributed by atoms with Crippen LogP contribution in [0.4, 0.5) is 0 Å². The van der Waals surface area contributed by atoms with Gasteiger partial charge in [-0.25, -0.2) is 13.1 Å². The van der Waals surface area contributed by atoms with Crippen LogP contribution in [0.2, 0.25) is 5.02 Å². The van der Waals surface area contributed by atoms with Crippen molar-refractivity contribution in [2.24, 2.45) is 0 Å². The summed E-state index contributed by atoms with van der Waals surface area (Å²) in [6, 6.07) is 5.19. The van der Waals surface area contributed by atoms with Crippen molar-refractivity contribution in [1.29, 1.82) is 0 Å². The first-order valence-corrected chi connectivity index (χ1v) is 9.48. The van der Waals surface area contributed by atoms with E-state index in [0.29, 0.717) is 13.1 Å². The molecule has 140 valence electrons. The van der Waals surface area contributed by atoms with E-state index in [1.807, 2.05) is 19.9 Å². The molecule has 2 rings (SSSR count). The number of hydrogen-bond acceptors (Lipinski definition) is 4. The van der Waals surface area contributed by atoms with E-state index in [-0.39, 0.29) is 40.7 Å². The summed E-state index contributed by atoms with van der Waals surface area (Å²) in [5.74, 6) is 0.257. The average molecular weight is 419 g/mol. The number of benzene rings is 1. The number of piperazine rings is 1. The quantitative estimate of drug-likeness (QED) is 0.745. The fourth-order valence-electron chi connectivity index (χ4n) is 2.44. The van der Waals surface area contributed by atoms with Crippen LogP contribution in [-0.4, -0.2) is 52.6 Å². The molecule has 1 aliphatic heterocycles. The van der Waals surface area contributed by atoms with Gasteiger partial charge in [-0.2, -0.15) is 0 Å². The van der Waals surface area contributed by atoms with Crippen LogP contribution in [0, 0.1) is 0 Å². The molecule has 2 N–H and O–H groups in total. The smallest absolute Gasteiger partial charge is 0.242 e. The molecular weight excluding hydrogens is 393 g/mol. The zero-order valence-corrected chi connectivity index (χ0v) is 17.1. The number of sulfonamides is 1. The SMILES string of the molecule is CC(C)c1ccc(Cl)c(S(=O)(=O)NCCN2CCNCC2)c1.Cl.Cl. The van der Waals surface area contributed by atoms with E-state index >= 15 is 0 Å². The molecule has 9 heteroatoms. The Balaban J connectivity index is 0.00000264. The summed E-state index contributed by atoms with van der Waals surface area (Å²) < 4.78 is 27.5. The van der Waals surface area contributed by atoms with Gasteiger partial charge in [-0.15, -0.1) is 24.8 Å². The van der Waals surface area contributed by atoms with Gasteiger partial charge in [0.15, 0.2) is 0 Å². The first kappa shape index (κ1) is 23.9. The topological polar surface area (TPSA) is 61.4 Å². The van der Waals surface area contributed by atoms with E-state index < -0.39 is 10.0 Å². The normalized spacial score (nSPS) is 15.7. The van der Waals surface area contributed by atoms with Gasteiger partial charge >= 0.3 is 0 Å². The molecular formula is C15H26Cl3N3O2S. The third kappa shape index (κ3) is 6.67. The molecule has 5 nitrogen and oxygen atoms in total. The molecule has 0 unspecified atom stereocenters. The molecule has 0 aliphatic carbocycles. The molecule has 0 atom stereocenters. The van der Waals surface area contributed by atoms with Gasteiger partial charge in [0.1, 0.15) is 4.90 Å². The Morgan fingerprint density at radius 2 is 1.88 bits per heavy atom. The van der Waals surface area contributed by atoms with Crippen LogP contribution in [0.3, 0.4) is 0 Å². The molecule has 0 saturated carbocycles. The number of halogens is 3. The largest absolute Gasteiger partial charge is 0.314 e. The molecule has 24 heavy (non-hydrogen) atoms. The second-order valence-electron chi connectivity index (χ2n) is 5.83. The Bertz CT molecular complexity index is 606. The fraction of sp³-hybridized carbons (Fsp3) is 0.600. The summed E-state index contributed by atoms with van der Waals surface area (Å²) in [6.07, 6.45) is 0. The Morgan fingerprint density at radius 3 is 2.46 bits per heavy atom. The maximum Gasteiger partial charge on any atom is 0.242 e. The van der Waals surface area contributed by atoms with Gasteiger partial charge in [-0.1, -0.05) is 31.5 Å². The second kappa shape index (κ2) is 10.8. The van der Waals surface area contributed by atoms with E-state index in [2.05, 4.69) is 14.9 Å². The van der Waals surface area contributed by atoms with Crippen LogP contribution in [0.5, 0.6) is 0 Å². The predicted octanol–water partition coefficient (Wildman–Crippen LogP) is 2.49. The zero-order valence-electron chi connectivity index (χ0n) is 13.9. The van der Waals surface area contributed by atoms with Crippen molar-refractivity contribution in [1.82, 2.24) is 14.9 Å². The molecule has 1 fully saturated rings. The Kier molecular flexibility index (Phi) is 10.8.